The summed E-state index contributed by atoms with van der Waals surface area (Å²) in [5.74, 6) is 2.60. The standard InChI is InChI=1S/C10H19NO/c1-3-5-6-7-8-11-9-10(12)4-2/h1,10-12H,4-9H2,2H3. The Morgan fingerprint density at radius 2 is 2.25 bits per heavy atom. The fourth-order valence-electron chi connectivity index (χ4n) is 0.890. The van der Waals surface area contributed by atoms with E-state index in [1.165, 1.54) is 0 Å². The van der Waals surface area contributed by atoms with Crippen LogP contribution in [0.3, 0.4) is 0 Å². The van der Waals surface area contributed by atoms with Crippen molar-refractivity contribution in [1.82, 2.24) is 5.32 Å². The Bertz CT molecular complexity index is 128. The molecule has 0 bridgehead atoms. The fraction of sp³-hybridized carbons (Fsp3) is 0.800. The minimum atomic E-state index is -0.197. The average Bonchev–Trinajstić information content (AvgIpc) is 2.10. The Balaban J connectivity index is 2.96. The second kappa shape index (κ2) is 8.58. The van der Waals surface area contributed by atoms with Gasteiger partial charge in [0.15, 0.2) is 0 Å². The molecule has 0 amide bonds. The lowest BCUT2D eigenvalue weighted by atomic mass is 10.2. The number of aliphatic hydroxyl groups excluding tert-OH is 1. The summed E-state index contributed by atoms with van der Waals surface area (Å²) in [5.41, 5.74) is 0. The molecule has 0 saturated heterocycles. The van der Waals surface area contributed by atoms with Gasteiger partial charge in [0.05, 0.1) is 6.10 Å². The zero-order valence-corrected chi connectivity index (χ0v) is 7.84. The zero-order chi connectivity index (χ0) is 9.23. The third-order valence-electron chi connectivity index (χ3n) is 1.78. The normalized spacial score (nSPS) is 12.4. The first-order valence-corrected chi connectivity index (χ1v) is 4.63. The van der Waals surface area contributed by atoms with Crippen molar-refractivity contribution in [2.24, 2.45) is 0 Å². The highest BCUT2D eigenvalue weighted by atomic mass is 16.3. The molecule has 0 fully saturated rings. The van der Waals surface area contributed by atoms with Crippen molar-refractivity contribution in [3.63, 3.8) is 0 Å². The lowest BCUT2D eigenvalue weighted by molar-refractivity contribution is 0.167. The molecule has 0 radical (unpaired) electrons. The quantitative estimate of drug-likeness (QED) is 0.442. The van der Waals surface area contributed by atoms with E-state index in [4.69, 9.17) is 11.5 Å². The van der Waals surface area contributed by atoms with E-state index in [1.54, 1.807) is 0 Å². The minimum absolute atomic E-state index is 0.197. The topological polar surface area (TPSA) is 32.3 Å². The number of hydrogen-bond acceptors (Lipinski definition) is 2. The summed E-state index contributed by atoms with van der Waals surface area (Å²) >= 11 is 0. The van der Waals surface area contributed by atoms with Gasteiger partial charge in [-0.25, -0.2) is 0 Å². The van der Waals surface area contributed by atoms with Gasteiger partial charge in [0.25, 0.3) is 0 Å². The molecule has 0 rings (SSSR count). The van der Waals surface area contributed by atoms with Crippen molar-refractivity contribution >= 4 is 0 Å². The van der Waals surface area contributed by atoms with Crippen molar-refractivity contribution < 1.29 is 5.11 Å². The summed E-state index contributed by atoms with van der Waals surface area (Å²) in [7, 11) is 0. The van der Waals surface area contributed by atoms with Crippen LogP contribution in [0.25, 0.3) is 0 Å². The van der Waals surface area contributed by atoms with Gasteiger partial charge in [0.1, 0.15) is 0 Å². The molecule has 0 spiro atoms. The maximum Gasteiger partial charge on any atom is 0.0662 e. The Labute approximate surface area is 75.4 Å². The minimum Gasteiger partial charge on any atom is -0.392 e. The summed E-state index contributed by atoms with van der Waals surface area (Å²) in [6.45, 7) is 3.63. The Morgan fingerprint density at radius 1 is 1.50 bits per heavy atom. The fourth-order valence-corrected chi connectivity index (χ4v) is 0.890. The molecule has 2 nitrogen and oxygen atoms in total. The molecule has 1 unspecified atom stereocenters. The summed E-state index contributed by atoms with van der Waals surface area (Å²) in [6, 6.07) is 0. The first kappa shape index (κ1) is 11.5. The number of aliphatic hydroxyl groups is 1. The van der Waals surface area contributed by atoms with Crippen LogP contribution < -0.4 is 5.32 Å². The van der Waals surface area contributed by atoms with Gasteiger partial charge in [-0.15, -0.1) is 12.3 Å². The molecule has 2 heteroatoms. The average molecular weight is 169 g/mol. The highest BCUT2D eigenvalue weighted by molar-refractivity contribution is 4.82. The lowest BCUT2D eigenvalue weighted by Gasteiger charge is -2.08. The Hall–Kier alpha value is -0.520. The Kier molecular flexibility index (Phi) is 8.20. The van der Waals surface area contributed by atoms with E-state index >= 15 is 0 Å². The SMILES string of the molecule is C#CCCCCNCC(O)CC. The number of hydrogen-bond donors (Lipinski definition) is 2. The zero-order valence-electron chi connectivity index (χ0n) is 7.84. The Morgan fingerprint density at radius 3 is 2.83 bits per heavy atom. The van der Waals surface area contributed by atoms with E-state index in [0.29, 0.717) is 6.54 Å². The molecule has 0 aromatic heterocycles. The van der Waals surface area contributed by atoms with Crippen molar-refractivity contribution in [3.05, 3.63) is 0 Å². The number of nitrogens with one attached hydrogen (secondary N) is 1. The molecule has 0 aliphatic carbocycles. The van der Waals surface area contributed by atoms with E-state index in [1.807, 2.05) is 6.92 Å². The number of rotatable bonds is 7. The lowest BCUT2D eigenvalue weighted by Crippen LogP contribution is -2.26. The smallest absolute Gasteiger partial charge is 0.0662 e. The van der Waals surface area contributed by atoms with E-state index < -0.39 is 0 Å². The predicted octanol–water partition coefficient (Wildman–Crippen LogP) is 1.15. The molecule has 0 aromatic rings. The van der Waals surface area contributed by atoms with Crippen LogP contribution in [-0.2, 0) is 0 Å². The van der Waals surface area contributed by atoms with Gasteiger partial charge in [-0.05, 0) is 25.8 Å². The first-order valence-electron chi connectivity index (χ1n) is 4.63. The van der Waals surface area contributed by atoms with E-state index in [-0.39, 0.29) is 6.10 Å². The summed E-state index contributed by atoms with van der Waals surface area (Å²) in [4.78, 5) is 0. The van der Waals surface area contributed by atoms with E-state index in [2.05, 4.69) is 11.2 Å². The predicted molar refractivity (Wildman–Crippen MR) is 51.9 cm³/mol. The van der Waals surface area contributed by atoms with Gasteiger partial charge in [0, 0.05) is 13.0 Å². The van der Waals surface area contributed by atoms with Crippen molar-refractivity contribution in [2.75, 3.05) is 13.1 Å². The molecule has 0 aromatic carbocycles. The molecule has 0 aliphatic heterocycles. The molecule has 0 aliphatic rings. The van der Waals surface area contributed by atoms with Gasteiger partial charge < -0.3 is 10.4 Å². The highest BCUT2D eigenvalue weighted by Crippen LogP contribution is 1.92. The largest absolute Gasteiger partial charge is 0.392 e. The van der Waals surface area contributed by atoms with Crippen LogP contribution in [0.4, 0.5) is 0 Å². The van der Waals surface area contributed by atoms with Crippen LogP contribution in [0, 0.1) is 12.3 Å². The van der Waals surface area contributed by atoms with Crippen LogP contribution in [0.5, 0.6) is 0 Å². The monoisotopic (exact) mass is 169 g/mol. The van der Waals surface area contributed by atoms with Gasteiger partial charge in [0.2, 0.25) is 0 Å². The van der Waals surface area contributed by atoms with Crippen molar-refractivity contribution in [3.8, 4) is 12.3 Å². The van der Waals surface area contributed by atoms with Crippen LogP contribution in [-0.4, -0.2) is 24.3 Å². The van der Waals surface area contributed by atoms with Crippen molar-refractivity contribution in [2.45, 2.75) is 38.7 Å². The molecule has 1 atom stereocenters. The molecule has 0 heterocycles. The van der Waals surface area contributed by atoms with Crippen LogP contribution in [0.2, 0.25) is 0 Å². The van der Waals surface area contributed by atoms with Crippen LogP contribution >= 0.6 is 0 Å². The number of terminal acetylenes is 1. The number of unbranched alkanes of at least 4 members (excludes halogenated alkanes) is 2. The van der Waals surface area contributed by atoms with Gasteiger partial charge in [-0.1, -0.05) is 6.92 Å². The molecular weight excluding hydrogens is 150 g/mol. The van der Waals surface area contributed by atoms with Crippen LogP contribution in [0.15, 0.2) is 0 Å². The van der Waals surface area contributed by atoms with Gasteiger partial charge in [-0.3, -0.25) is 0 Å². The molecule has 2 N–H and O–H groups in total. The van der Waals surface area contributed by atoms with Gasteiger partial charge >= 0.3 is 0 Å². The second-order valence-electron chi connectivity index (χ2n) is 2.93. The summed E-state index contributed by atoms with van der Waals surface area (Å²) < 4.78 is 0. The second-order valence-corrected chi connectivity index (χ2v) is 2.93. The maximum absolute atomic E-state index is 9.17. The summed E-state index contributed by atoms with van der Waals surface area (Å²) in [6.07, 6.45) is 8.75. The third kappa shape index (κ3) is 7.59. The molecular formula is C10H19NO. The molecule has 12 heavy (non-hydrogen) atoms. The molecule has 0 saturated carbocycles. The molecule has 70 valence electrons. The van der Waals surface area contributed by atoms with E-state index in [0.717, 1.165) is 32.2 Å². The maximum atomic E-state index is 9.17. The van der Waals surface area contributed by atoms with Crippen LogP contribution in [0.1, 0.15) is 32.6 Å². The third-order valence-corrected chi connectivity index (χ3v) is 1.78. The van der Waals surface area contributed by atoms with Crippen molar-refractivity contribution in [1.29, 1.82) is 0 Å². The summed E-state index contributed by atoms with van der Waals surface area (Å²) in [5, 5.41) is 12.3. The highest BCUT2D eigenvalue weighted by Gasteiger charge is 1.97. The first-order chi connectivity index (χ1) is 5.81. The van der Waals surface area contributed by atoms with Gasteiger partial charge in [-0.2, -0.15) is 0 Å². The van der Waals surface area contributed by atoms with E-state index in [9.17, 15) is 0 Å².